The van der Waals surface area contributed by atoms with E-state index in [2.05, 4.69) is 34.9 Å². The second-order valence-electron chi connectivity index (χ2n) is 4.65. The highest BCUT2D eigenvalue weighted by atomic mass is 79.9. The number of halogens is 1. The molecule has 3 nitrogen and oxygen atoms in total. The van der Waals surface area contributed by atoms with E-state index in [0.29, 0.717) is 0 Å². The maximum atomic E-state index is 11.7. The molecule has 0 saturated carbocycles. The first-order chi connectivity index (χ1) is 7.00. The summed E-state index contributed by atoms with van der Waals surface area (Å²) < 4.78 is 0. The van der Waals surface area contributed by atoms with Crippen LogP contribution in [-0.2, 0) is 4.79 Å². The molecular weight excluding hydrogens is 256 g/mol. The van der Waals surface area contributed by atoms with Crippen molar-refractivity contribution in [2.45, 2.75) is 24.6 Å². The molecule has 1 unspecified atom stereocenters. The lowest BCUT2D eigenvalue weighted by molar-refractivity contribution is -0.131. The molecule has 4 heteroatoms. The Labute approximate surface area is 101 Å². The highest BCUT2D eigenvalue weighted by Gasteiger charge is 2.24. The lowest BCUT2D eigenvalue weighted by Crippen LogP contribution is -2.43. The van der Waals surface area contributed by atoms with E-state index in [0.717, 1.165) is 38.4 Å². The van der Waals surface area contributed by atoms with Crippen molar-refractivity contribution in [1.29, 1.82) is 0 Å². The molecule has 0 bridgehead atoms. The maximum absolute atomic E-state index is 11.7. The average molecular weight is 277 g/mol. The molecular formula is C11H21BrN2O. The SMILES string of the molecule is CC(Br)C(=O)N1CCC(CN(C)C)CC1. The van der Waals surface area contributed by atoms with Crippen LogP contribution in [0.4, 0.5) is 0 Å². The lowest BCUT2D eigenvalue weighted by atomic mass is 9.96. The van der Waals surface area contributed by atoms with Crippen molar-refractivity contribution < 1.29 is 4.79 Å². The summed E-state index contributed by atoms with van der Waals surface area (Å²) in [6.45, 7) is 4.89. The molecule has 0 aromatic carbocycles. The van der Waals surface area contributed by atoms with Crippen LogP contribution < -0.4 is 0 Å². The van der Waals surface area contributed by atoms with Crippen molar-refractivity contribution in [3.63, 3.8) is 0 Å². The fourth-order valence-corrected chi connectivity index (χ4v) is 2.39. The molecule has 1 rings (SSSR count). The summed E-state index contributed by atoms with van der Waals surface area (Å²) in [4.78, 5) is 15.9. The minimum atomic E-state index is -0.0390. The van der Waals surface area contributed by atoms with E-state index in [1.807, 2.05) is 11.8 Å². The third kappa shape index (κ3) is 4.11. The van der Waals surface area contributed by atoms with Gasteiger partial charge in [0.15, 0.2) is 0 Å². The van der Waals surface area contributed by atoms with Crippen LogP contribution in [0.1, 0.15) is 19.8 Å². The van der Waals surface area contributed by atoms with Crippen molar-refractivity contribution in [1.82, 2.24) is 9.80 Å². The van der Waals surface area contributed by atoms with E-state index >= 15 is 0 Å². The van der Waals surface area contributed by atoms with Crippen LogP contribution >= 0.6 is 15.9 Å². The molecule has 0 spiro atoms. The lowest BCUT2D eigenvalue weighted by Gasteiger charge is -2.33. The Morgan fingerprint density at radius 3 is 2.40 bits per heavy atom. The van der Waals surface area contributed by atoms with Crippen molar-refractivity contribution in [2.75, 3.05) is 33.7 Å². The first-order valence-electron chi connectivity index (χ1n) is 5.58. The van der Waals surface area contributed by atoms with E-state index in [1.54, 1.807) is 0 Å². The third-order valence-electron chi connectivity index (χ3n) is 2.89. The normalized spacial score (nSPS) is 20.7. The third-order valence-corrected chi connectivity index (χ3v) is 3.28. The Morgan fingerprint density at radius 2 is 2.00 bits per heavy atom. The standard InChI is InChI=1S/C11H21BrN2O/c1-9(12)11(15)14-6-4-10(5-7-14)8-13(2)3/h9-10H,4-8H2,1-3H3. The first-order valence-corrected chi connectivity index (χ1v) is 6.50. The largest absolute Gasteiger partial charge is 0.342 e. The smallest absolute Gasteiger partial charge is 0.236 e. The Morgan fingerprint density at radius 1 is 1.47 bits per heavy atom. The van der Waals surface area contributed by atoms with E-state index in [-0.39, 0.29) is 10.7 Å². The summed E-state index contributed by atoms with van der Waals surface area (Å²) in [5.41, 5.74) is 0. The zero-order chi connectivity index (χ0) is 11.4. The Hall–Kier alpha value is -0.0900. The second-order valence-corrected chi connectivity index (χ2v) is 6.02. The molecule has 0 radical (unpaired) electrons. The Bertz CT molecular complexity index is 211. The average Bonchev–Trinajstić information content (AvgIpc) is 2.17. The van der Waals surface area contributed by atoms with Crippen molar-refractivity contribution in [2.24, 2.45) is 5.92 Å². The van der Waals surface area contributed by atoms with Gasteiger partial charge < -0.3 is 9.80 Å². The van der Waals surface area contributed by atoms with E-state index in [1.165, 1.54) is 0 Å². The Balaban J connectivity index is 2.32. The summed E-state index contributed by atoms with van der Waals surface area (Å²) >= 11 is 3.33. The van der Waals surface area contributed by atoms with Crippen molar-refractivity contribution in [3.8, 4) is 0 Å². The van der Waals surface area contributed by atoms with Crippen LogP contribution in [0.15, 0.2) is 0 Å². The maximum Gasteiger partial charge on any atom is 0.236 e. The molecule has 15 heavy (non-hydrogen) atoms. The van der Waals surface area contributed by atoms with Gasteiger partial charge in [-0.2, -0.15) is 0 Å². The van der Waals surface area contributed by atoms with Crippen LogP contribution in [0.5, 0.6) is 0 Å². The number of hydrogen-bond acceptors (Lipinski definition) is 2. The zero-order valence-electron chi connectivity index (χ0n) is 9.87. The van der Waals surface area contributed by atoms with Gasteiger partial charge in [0.1, 0.15) is 0 Å². The molecule has 0 aromatic rings. The van der Waals surface area contributed by atoms with E-state index < -0.39 is 0 Å². The van der Waals surface area contributed by atoms with E-state index in [9.17, 15) is 4.79 Å². The summed E-state index contributed by atoms with van der Waals surface area (Å²) in [7, 11) is 4.22. The number of hydrogen-bond donors (Lipinski definition) is 0. The minimum absolute atomic E-state index is 0.0390. The number of nitrogens with zero attached hydrogens (tertiary/aromatic N) is 2. The second kappa shape index (κ2) is 5.85. The van der Waals surface area contributed by atoms with Gasteiger partial charge in [0.2, 0.25) is 5.91 Å². The van der Waals surface area contributed by atoms with Gasteiger partial charge in [-0.05, 0) is 39.8 Å². The number of amides is 1. The highest BCUT2D eigenvalue weighted by molar-refractivity contribution is 9.10. The topological polar surface area (TPSA) is 23.6 Å². The van der Waals surface area contributed by atoms with Crippen LogP contribution in [0.2, 0.25) is 0 Å². The quantitative estimate of drug-likeness (QED) is 0.731. The van der Waals surface area contributed by atoms with Gasteiger partial charge in [-0.25, -0.2) is 0 Å². The number of carbonyl (C=O) groups is 1. The van der Waals surface area contributed by atoms with Crippen LogP contribution in [-0.4, -0.2) is 54.3 Å². The first kappa shape index (κ1) is 13.0. The van der Waals surface area contributed by atoms with Crippen molar-refractivity contribution in [3.05, 3.63) is 0 Å². The predicted octanol–water partition coefficient (Wildman–Crippen LogP) is 1.57. The van der Waals surface area contributed by atoms with Gasteiger partial charge in [0.25, 0.3) is 0 Å². The number of piperidine rings is 1. The molecule has 0 aromatic heterocycles. The van der Waals surface area contributed by atoms with Crippen LogP contribution in [0, 0.1) is 5.92 Å². The Kier molecular flexibility index (Phi) is 5.06. The molecule has 1 heterocycles. The van der Waals surface area contributed by atoms with Gasteiger partial charge in [0.05, 0.1) is 4.83 Å². The molecule has 0 N–H and O–H groups in total. The molecule has 88 valence electrons. The fraction of sp³-hybridized carbons (Fsp3) is 0.909. The molecule has 1 aliphatic heterocycles. The van der Waals surface area contributed by atoms with Crippen molar-refractivity contribution >= 4 is 21.8 Å². The molecule has 1 fully saturated rings. The predicted molar refractivity (Wildman–Crippen MR) is 66.2 cm³/mol. The number of carbonyl (C=O) groups excluding carboxylic acids is 1. The molecule has 1 saturated heterocycles. The summed E-state index contributed by atoms with van der Waals surface area (Å²) in [5.74, 6) is 0.994. The highest BCUT2D eigenvalue weighted by Crippen LogP contribution is 2.19. The fourth-order valence-electron chi connectivity index (χ4n) is 2.10. The summed E-state index contributed by atoms with van der Waals surface area (Å²) in [6, 6.07) is 0. The van der Waals surface area contributed by atoms with Crippen LogP contribution in [0.3, 0.4) is 0 Å². The summed E-state index contributed by atoms with van der Waals surface area (Å²) in [5, 5.41) is 0. The van der Waals surface area contributed by atoms with Gasteiger partial charge in [-0.15, -0.1) is 0 Å². The zero-order valence-corrected chi connectivity index (χ0v) is 11.5. The number of likely N-dealkylation sites (tertiary alicyclic amines) is 1. The summed E-state index contributed by atoms with van der Waals surface area (Å²) in [6.07, 6.45) is 2.28. The van der Waals surface area contributed by atoms with Gasteiger partial charge in [0, 0.05) is 19.6 Å². The van der Waals surface area contributed by atoms with Gasteiger partial charge in [-0.3, -0.25) is 4.79 Å². The van der Waals surface area contributed by atoms with Crippen LogP contribution in [0.25, 0.3) is 0 Å². The molecule has 0 aliphatic carbocycles. The molecule has 1 amide bonds. The van der Waals surface area contributed by atoms with E-state index in [4.69, 9.17) is 0 Å². The molecule has 1 atom stereocenters. The van der Waals surface area contributed by atoms with Gasteiger partial charge in [-0.1, -0.05) is 15.9 Å². The van der Waals surface area contributed by atoms with Gasteiger partial charge >= 0.3 is 0 Å². The minimum Gasteiger partial charge on any atom is -0.342 e. The monoisotopic (exact) mass is 276 g/mol. The number of rotatable bonds is 3. The molecule has 1 aliphatic rings. The number of alkyl halides is 1.